The van der Waals surface area contributed by atoms with E-state index in [4.69, 9.17) is 18.5 Å². The lowest BCUT2D eigenvalue weighted by molar-refractivity contribution is -0.220. The van der Waals surface area contributed by atoms with E-state index in [9.17, 15) is 44.6 Å². The zero-order chi connectivity index (χ0) is 44.3. The first kappa shape index (κ1) is 56.6. The maximum absolute atomic E-state index is 12.8. The van der Waals surface area contributed by atoms with Crippen LogP contribution in [0.1, 0.15) is 213 Å². The molecule has 0 spiro atoms. The summed E-state index contributed by atoms with van der Waals surface area (Å²) < 4.78 is 33.5. The minimum absolute atomic E-state index is 0.0905. The van der Waals surface area contributed by atoms with Crippen molar-refractivity contribution in [2.24, 2.45) is 0 Å². The number of phosphoric acid groups is 1. The molecular weight excluding hydrogens is 791 g/mol. The molecule has 1 saturated carbocycles. The van der Waals surface area contributed by atoms with Crippen molar-refractivity contribution in [1.82, 2.24) is 0 Å². The fourth-order valence-corrected chi connectivity index (χ4v) is 8.43. The number of hydrogen-bond acceptors (Lipinski definition) is 12. The summed E-state index contributed by atoms with van der Waals surface area (Å²) in [6.45, 7) is 3.30. The molecule has 6 atom stereocenters. The van der Waals surface area contributed by atoms with Crippen LogP contribution in [-0.2, 0) is 32.7 Å². The van der Waals surface area contributed by atoms with Gasteiger partial charge < -0.3 is 39.9 Å². The van der Waals surface area contributed by atoms with Crippen LogP contribution in [0.25, 0.3) is 0 Å². The van der Waals surface area contributed by atoms with Gasteiger partial charge in [-0.1, -0.05) is 174 Å². The standard InChI is InChI=1S/C46H87O13P/c1-3-5-7-9-11-13-15-17-18-19-20-21-23-24-26-28-30-32-34-39(47)56-36-38(37-57-60(54,55)59-46-44(52)42(50)41(49)43(51)45(46)53)58-40(48)35-33-31-29-27-25-22-16-14-12-10-8-6-4-2/h14,16,38,41-46,49-53H,3-13,15,17-37H2,1-2H3,(H,54,55)/b16-14-. The van der Waals surface area contributed by atoms with Crippen LogP contribution in [0.3, 0.4) is 0 Å². The summed E-state index contributed by atoms with van der Waals surface area (Å²) in [6, 6.07) is 0. The van der Waals surface area contributed by atoms with Crippen LogP contribution in [0.5, 0.6) is 0 Å². The summed E-state index contributed by atoms with van der Waals surface area (Å²) in [4.78, 5) is 35.7. The van der Waals surface area contributed by atoms with Crippen LogP contribution >= 0.6 is 7.82 Å². The van der Waals surface area contributed by atoms with Gasteiger partial charge in [0.05, 0.1) is 6.61 Å². The molecule has 60 heavy (non-hydrogen) atoms. The Balaban J connectivity index is 2.41. The molecule has 0 bridgehead atoms. The molecule has 0 aromatic carbocycles. The van der Waals surface area contributed by atoms with Gasteiger partial charge in [-0.3, -0.25) is 18.6 Å². The Morgan fingerprint density at radius 2 is 0.850 bits per heavy atom. The number of carbonyl (C=O) groups is 2. The normalized spacial score (nSPS) is 22.2. The fourth-order valence-electron chi connectivity index (χ4n) is 7.46. The molecule has 0 aromatic heterocycles. The Kier molecular flexibility index (Phi) is 34.9. The van der Waals surface area contributed by atoms with Gasteiger partial charge in [-0.05, 0) is 38.5 Å². The van der Waals surface area contributed by atoms with Gasteiger partial charge in [0.25, 0.3) is 0 Å². The summed E-state index contributed by atoms with van der Waals surface area (Å²) in [5.74, 6) is -1.10. The van der Waals surface area contributed by atoms with E-state index >= 15 is 0 Å². The summed E-state index contributed by atoms with van der Waals surface area (Å²) in [5, 5.41) is 50.1. The van der Waals surface area contributed by atoms with Crippen molar-refractivity contribution >= 4 is 19.8 Å². The average molecular weight is 879 g/mol. The van der Waals surface area contributed by atoms with E-state index in [2.05, 4.69) is 26.0 Å². The Morgan fingerprint density at radius 3 is 1.28 bits per heavy atom. The largest absolute Gasteiger partial charge is 0.472 e. The van der Waals surface area contributed by atoms with Crippen LogP contribution in [0.2, 0.25) is 0 Å². The maximum atomic E-state index is 12.8. The molecule has 1 rings (SSSR count). The van der Waals surface area contributed by atoms with Gasteiger partial charge in [-0.15, -0.1) is 0 Å². The molecule has 14 heteroatoms. The lowest BCUT2D eigenvalue weighted by Gasteiger charge is -2.41. The van der Waals surface area contributed by atoms with Crippen LogP contribution in [0.15, 0.2) is 12.2 Å². The summed E-state index contributed by atoms with van der Waals surface area (Å²) in [6.07, 6.45) is 25.5. The molecule has 354 valence electrons. The molecule has 1 aliphatic rings. The van der Waals surface area contributed by atoms with Gasteiger partial charge in [-0.25, -0.2) is 4.57 Å². The van der Waals surface area contributed by atoms with Crippen molar-refractivity contribution < 1.29 is 63.1 Å². The number of aliphatic hydroxyl groups excluding tert-OH is 5. The molecule has 13 nitrogen and oxygen atoms in total. The highest BCUT2D eigenvalue weighted by Crippen LogP contribution is 2.47. The number of allylic oxidation sites excluding steroid dienone is 2. The van der Waals surface area contributed by atoms with Crippen molar-refractivity contribution in [2.45, 2.75) is 256 Å². The third kappa shape index (κ3) is 29.0. The van der Waals surface area contributed by atoms with Gasteiger partial charge in [0.2, 0.25) is 0 Å². The third-order valence-electron chi connectivity index (χ3n) is 11.4. The highest BCUT2D eigenvalue weighted by atomic mass is 31.2. The summed E-state index contributed by atoms with van der Waals surface area (Å²) in [7, 11) is -5.11. The second-order valence-corrected chi connectivity index (χ2v) is 18.4. The zero-order valence-corrected chi connectivity index (χ0v) is 38.4. The number of carbonyl (C=O) groups excluding carboxylic acids is 2. The summed E-state index contributed by atoms with van der Waals surface area (Å²) >= 11 is 0. The van der Waals surface area contributed by atoms with Crippen LogP contribution < -0.4 is 0 Å². The number of hydrogen-bond donors (Lipinski definition) is 6. The number of phosphoric ester groups is 1. The van der Waals surface area contributed by atoms with E-state index < -0.39 is 75.7 Å². The molecule has 0 radical (unpaired) electrons. The van der Waals surface area contributed by atoms with Crippen LogP contribution in [0, 0.1) is 0 Å². The van der Waals surface area contributed by atoms with Gasteiger partial charge in [-0.2, -0.15) is 0 Å². The smallest absolute Gasteiger partial charge is 0.462 e. The number of ether oxygens (including phenoxy) is 2. The predicted molar refractivity (Wildman–Crippen MR) is 235 cm³/mol. The number of aliphatic hydroxyl groups is 5. The molecule has 0 aliphatic heterocycles. The van der Waals surface area contributed by atoms with Crippen LogP contribution in [0.4, 0.5) is 0 Å². The van der Waals surface area contributed by atoms with Gasteiger partial charge in [0.1, 0.15) is 43.2 Å². The van der Waals surface area contributed by atoms with E-state index in [0.717, 1.165) is 57.8 Å². The van der Waals surface area contributed by atoms with Crippen molar-refractivity contribution in [3.63, 3.8) is 0 Å². The van der Waals surface area contributed by atoms with E-state index in [0.29, 0.717) is 12.8 Å². The first-order valence-electron chi connectivity index (χ1n) is 24.0. The molecule has 1 aliphatic carbocycles. The van der Waals surface area contributed by atoms with Crippen molar-refractivity contribution in [3.05, 3.63) is 12.2 Å². The van der Waals surface area contributed by atoms with Crippen molar-refractivity contribution in [3.8, 4) is 0 Å². The minimum Gasteiger partial charge on any atom is -0.462 e. The third-order valence-corrected chi connectivity index (χ3v) is 12.3. The molecule has 0 amide bonds. The first-order valence-corrected chi connectivity index (χ1v) is 25.5. The average Bonchev–Trinajstić information content (AvgIpc) is 3.23. The van der Waals surface area contributed by atoms with E-state index in [1.165, 1.54) is 116 Å². The van der Waals surface area contributed by atoms with Gasteiger partial charge >= 0.3 is 19.8 Å². The quantitative estimate of drug-likeness (QED) is 0.0147. The maximum Gasteiger partial charge on any atom is 0.472 e. The molecule has 0 aromatic rings. The Bertz CT molecular complexity index is 1110. The highest BCUT2D eigenvalue weighted by Gasteiger charge is 2.51. The first-order chi connectivity index (χ1) is 28.9. The molecule has 0 heterocycles. The monoisotopic (exact) mass is 879 g/mol. The fraction of sp³-hybridized carbons (Fsp3) is 0.913. The number of rotatable bonds is 40. The van der Waals surface area contributed by atoms with E-state index in [1.807, 2.05) is 0 Å². The SMILES string of the molecule is CCCCCC/C=C\CCCCCCCC(=O)OC(COC(=O)CCCCCCCCCCCCCCCCCCCC)COP(=O)(O)OC1C(O)C(O)C(O)C(O)C1O. The molecular formula is C46H87O13P. The molecule has 6 N–H and O–H groups in total. The van der Waals surface area contributed by atoms with Crippen molar-refractivity contribution in [2.75, 3.05) is 13.2 Å². The van der Waals surface area contributed by atoms with Crippen molar-refractivity contribution in [1.29, 1.82) is 0 Å². The lowest BCUT2D eigenvalue weighted by atomic mass is 9.85. The zero-order valence-electron chi connectivity index (χ0n) is 37.5. The number of unbranched alkanes of at least 4 members (excludes halogenated alkanes) is 26. The van der Waals surface area contributed by atoms with E-state index in [1.54, 1.807) is 0 Å². The van der Waals surface area contributed by atoms with Gasteiger partial charge in [0, 0.05) is 12.8 Å². The predicted octanol–water partition coefficient (Wildman–Crippen LogP) is 9.45. The van der Waals surface area contributed by atoms with Crippen LogP contribution in [-0.4, -0.2) is 98.3 Å². The highest BCUT2D eigenvalue weighted by molar-refractivity contribution is 7.47. The lowest BCUT2D eigenvalue weighted by Crippen LogP contribution is -2.64. The Morgan fingerprint density at radius 1 is 0.500 bits per heavy atom. The Labute approximate surface area is 363 Å². The molecule has 6 unspecified atom stereocenters. The second-order valence-electron chi connectivity index (χ2n) is 17.0. The second kappa shape index (κ2) is 37.0. The molecule has 1 fully saturated rings. The Hall–Kier alpha value is -1.41. The number of esters is 2. The molecule has 0 saturated heterocycles. The van der Waals surface area contributed by atoms with Gasteiger partial charge in [0.15, 0.2) is 6.10 Å². The minimum atomic E-state index is -5.11. The summed E-state index contributed by atoms with van der Waals surface area (Å²) in [5.41, 5.74) is 0. The van der Waals surface area contributed by atoms with E-state index in [-0.39, 0.29) is 12.8 Å². The topological polar surface area (TPSA) is 210 Å².